The second-order valence-corrected chi connectivity index (χ2v) is 6.05. The Balaban J connectivity index is 1.75. The van der Waals surface area contributed by atoms with E-state index in [-0.39, 0.29) is 16.0 Å². The fourth-order valence-corrected chi connectivity index (χ4v) is 3.19. The highest BCUT2D eigenvalue weighted by Gasteiger charge is 2.41. The highest BCUT2D eigenvalue weighted by Crippen LogP contribution is 2.34. The summed E-state index contributed by atoms with van der Waals surface area (Å²) in [5.41, 5.74) is 6.50. The van der Waals surface area contributed by atoms with E-state index in [1.54, 1.807) is 11.0 Å². The molecule has 0 bridgehead atoms. The van der Waals surface area contributed by atoms with Crippen LogP contribution >= 0.6 is 23.2 Å². The van der Waals surface area contributed by atoms with Crippen molar-refractivity contribution in [2.24, 2.45) is 0 Å². The number of piperidine rings is 1. The average molecular weight is 331 g/mol. The lowest BCUT2D eigenvalue weighted by molar-refractivity contribution is -0.181. The van der Waals surface area contributed by atoms with Crippen molar-refractivity contribution >= 4 is 34.8 Å². The van der Waals surface area contributed by atoms with Gasteiger partial charge in [-0.3, -0.25) is 4.79 Å². The largest absolute Gasteiger partial charge is 0.399 e. The number of nitrogen functional groups attached to an aromatic ring is 1. The first kappa shape index (κ1) is 14.9. The van der Waals surface area contributed by atoms with Crippen molar-refractivity contribution in [1.82, 2.24) is 4.90 Å². The molecule has 114 valence electrons. The molecule has 0 radical (unpaired) electrons. The summed E-state index contributed by atoms with van der Waals surface area (Å²) in [6, 6.07) is 3.09. The number of rotatable bonds is 1. The number of carbonyl (C=O) groups is 1. The number of benzene rings is 1. The van der Waals surface area contributed by atoms with Crippen molar-refractivity contribution in [2.75, 3.05) is 32.0 Å². The van der Waals surface area contributed by atoms with Gasteiger partial charge in [-0.15, -0.1) is 0 Å². The van der Waals surface area contributed by atoms with Gasteiger partial charge < -0.3 is 20.1 Å². The van der Waals surface area contributed by atoms with Crippen LogP contribution in [-0.4, -0.2) is 42.9 Å². The minimum atomic E-state index is -0.506. The molecule has 21 heavy (non-hydrogen) atoms. The Labute approximate surface area is 132 Å². The third-order valence-electron chi connectivity index (χ3n) is 3.91. The SMILES string of the molecule is Nc1cc(Cl)c(Cl)c(C(=O)N2CCC3(CC2)OCCO3)c1. The maximum Gasteiger partial charge on any atom is 0.255 e. The zero-order chi connectivity index (χ0) is 15.0. The molecule has 2 aliphatic rings. The summed E-state index contributed by atoms with van der Waals surface area (Å²) in [5, 5.41) is 0.528. The maximum atomic E-state index is 12.6. The predicted molar refractivity (Wildman–Crippen MR) is 80.6 cm³/mol. The molecular weight excluding hydrogens is 315 g/mol. The number of carbonyl (C=O) groups excluding carboxylic acids is 1. The molecule has 0 atom stereocenters. The van der Waals surface area contributed by atoms with Crippen LogP contribution in [-0.2, 0) is 9.47 Å². The summed E-state index contributed by atoms with van der Waals surface area (Å²) < 4.78 is 11.3. The first-order valence-corrected chi connectivity index (χ1v) is 7.58. The Kier molecular flexibility index (Phi) is 4.01. The molecule has 1 spiro atoms. The lowest BCUT2D eigenvalue weighted by atomic mass is 10.0. The van der Waals surface area contributed by atoms with Gasteiger partial charge in [0.2, 0.25) is 0 Å². The molecule has 2 heterocycles. The highest BCUT2D eigenvalue weighted by molar-refractivity contribution is 6.44. The van der Waals surface area contributed by atoms with Gasteiger partial charge in [0.05, 0.1) is 28.8 Å². The molecule has 7 heteroatoms. The quantitative estimate of drug-likeness (QED) is 0.803. The lowest BCUT2D eigenvalue weighted by Gasteiger charge is -2.37. The average Bonchev–Trinajstić information content (AvgIpc) is 2.91. The van der Waals surface area contributed by atoms with E-state index in [2.05, 4.69) is 0 Å². The molecule has 0 aromatic heterocycles. The minimum absolute atomic E-state index is 0.165. The van der Waals surface area contributed by atoms with Gasteiger partial charge in [-0.1, -0.05) is 23.2 Å². The van der Waals surface area contributed by atoms with Gasteiger partial charge in [-0.2, -0.15) is 0 Å². The molecule has 0 unspecified atom stereocenters. The number of nitrogens with two attached hydrogens (primary N) is 1. The molecular formula is C14H16Cl2N2O3. The third kappa shape index (κ3) is 2.83. The molecule has 5 nitrogen and oxygen atoms in total. The van der Waals surface area contributed by atoms with E-state index >= 15 is 0 Å². The zero-order valence-electron chi connectivity index (χ0n) is 11.4. The van der Waals surface area contributed by atoms with Crippen molar-refractivity contribution < 1.29 is 14.3 Å². The van der Waals surface area contributed by atoms with Crippen LogP contribution in [0.3, 0.4) is 0 Å². The normalized spacial score (nSPS) is 21.0. The van der Waals surface area contributed by atoms with Crippen molar-refractivity contribution in [3.05, 3.63) is 27.7 Å². The first-order valence-electron chi connectivity index (χ1n) is 6.82. The minimum Gasteiger partial charge on any atom is -0.399 e. The molecule has 2 aliphatic heterocycles. The Bertz CT molecular complexity index is 564. The molecule has 2 fully saturated rings. The van der Waals surface area contributed by atoms with Gasteiger partial charge >= 0.3 is 0 Å². The van der Waals surface area contributed by atoms with Crippen LogP contribution in [0.5, 0.6) is 0 Å². The van der Waals surface area contributed by atoms with Crippen molar-refractivity contribution in [3.8, 4) is 0 Å². The lowest BCUT2D eigenvalue weighted by Crippen LogP contribution is -2.47. The second kappa shape index (κ2) is 5.65. The van der Waals surface area contributed by atoms with Crippen LogP contribution in [0.4, 0.5) is 5.69 Å². The molecule has 1 amide bonds. The van der Waals surface area contributed by atoms with E-state index < -0.39 is 5.79 Å². The van der Waals surface area contributed by atoms with Gasteiger partial charge in [-0.25, -0.2) is 0 Å². The summed E-state index contributed by atoms with van der Waals surface area (Å²) in [6.45, 7) is 2.35. The van der Waals surface area contributed by atoms with E-state index in [1.807, 2.05) is 0 Å². The summed E-state index contributed by atoms with van der Waals surface area (Å²) >= 11 is 12.1. The molecule has 1 aromatic rings. The van der Waals surface area contributed by atoms with E-state index in [0.29, 0.717) is 50.4 Å². The van der Waals surface area contributed by atoms with Crippen molar-refractivity contribution in [2.45, 2.75) is 18.6 Å². The Morgan fingerprint density at radius 1 is 1.19 bits per heavy atom. The molecule has 1 aromatic carbocycles. The molecule has 0 saturated carbocycles. The van der Waals surface area contributed by atoms with Crippen LogP contribution in [0.25, 0.3) is 0 Å². The topological polar surface area (TPSA) is 64.8 Å². The molecule has 2 N–H and O–H groups in total. The van der Waals surface area contributed by atoms with E-state index in [9.17, 15) is 4.79 Å². The number of hydrogen-bond donors (Lipinski definition) is 1. The highest BCUT2D eigenvalue weighted by atomic mass is 35.5. The number of ether oxygens (including phenoxy) is 2. The van der Waals surface area contributed by atoms with Crippen LogP contribution in [0.2, 0.25) is 10.0 Å². The maximum absolute atomic E-state index is 12.6. The van der Waals surface area contributed by atoms with Gasteiger partial charge in [0.25, 0.3) is 5.91 Å². The van der Waals surface area contributed by atoms with Gasteiger partial charge in [0.15, 0.2) is 5.79 Å². The van der Waals surface area contributed by atoms with E-state index in [1.165, 1.54) is 6.07 Å². The third-order valence-corrected chi connectivity index (χ3v) is 4.71. The first-order chi connectivity index (χ1) is 10.0. The summed E-state index contributed by atoms with van der Waals surface area (Å²) in [5.74, 6) is -0.671. The fraction of sp³-hybridized carbons (Fsp3) is 0.500. The monoisotopic (exact) mass is 330 g/mol. The van der Waals surface area contributed by atoms with Crippen LogP contribution in [0.15, 0.2) is 12.1 Å². The second-order valence-electron chi connectivity index (χ2n) is 5.26. The van der Waals surface area contributed by atoms with Crippen LogP contribution in [0, 0.1) is 0 Å². The molecule has 0 aliphatic carbocycles. The molecule has 2 saturated heterocycles. The summed E-state index contributed by atoms with van der Waals surface area (Å²) in [4.78, 5) is 14.3. The van der Waals surface area contributed by atoms with Crippen LogP contribution in [0.1, 0.15) is 23.2 Å². The summed E-state index contributed by atoms with van der Waals surface area (Å²) in [7, 11) is 0. The summed E-state index contributed by atoms with van der Waals surface area (Å²) in [6.07, 6.45) is 1.32. The Morgan fingerprint density at radius 2 is 1.81 bits per heavy atom. The number of halogens is 2. The number of nitrogens with zero attached hydrogens (tertiary/aromatic N) is 1. The predicted octanol–water partition coefficient (Wildman–Crippen LogP) is 2.55. The van der Waals surface area contributed by atoms with Crippen molar-refractivity contribution in [3.63, 3.8) is 0 Å². The standard InChI is InChI=1S/C14H16Cl2N2O3/c15-11-8-9(17)7-10(12(11)16)13(19)18-3-1-14(2-4-18)20-5-6-21-14/h7-8H,1-6,17H2. The Hall–Kier alpha value is -1.01. The van der Waals surface area contributed by atoms with Crippen molar-refractivity contribution in [1.29, 1.82) is 0 Å². The van der Waals surface area contributed by atoms with Crippen LogP contribution < -0.4 is 5.73 Å². The van der Waals surface area contributed by atoms with Gasteiger partial charge in [0, 0.05) is 31.6 Å². The fourth-order valence-electron chi connectivity index (χ4n) is 2.77. The van der Waals surface area contributed by atoms with E-state index in [0.717, 1.165) is 0 Å². The van der Waals surface area contributed by atoms with Gasteiger partial charge in [0.1, 0.15) is 0 Å². The Morgan fingerprint density at radius 3 is 2.43 bits per heavy atom. The smallest absolute Gasteiger partial charge is 0.255 e. The zero-order valence-corrected chi connectivity index (χ0v) is 12.9. The number of anilines is 1. The van der Waals surface area contributed by atoms with Gasteiger partial charge in [-0.05, 0) is 12.1 Å². The number of likely N-dealkylation sites (tertiary alicyclic amines) is 1. The number of amides is 1. The van der Waals surface area contributed by atoms with E-state index in [4.69, 9.17) is 38.4 Å². The molecule has 3 rings (SSSR count). The number of hydrogen-bond acceptors (Lipinski definition) is 4.